The van der Waals surface area contributed by atoms with Gasteiger partial charge in [0.2, 0.25) is 0 Å². The van der Waals surface area contributed by atoms with Crippen LogP contribution in [0.4, 0.5) is 0 Å². The van der Waals surface area contributed by atoms with Gasteiger partial charge in [0, 0.05) is 22.5 Å². The highest BCUT2D eigenvalue weighted by Crippen LogP contribution is 2.20. The molecule has 0 saturated carbocycles. The van der Waals surface area contributed by atoms with Crippen molar-refractivity contribution in [3.8, 4) is 0 Å². The number of likely N-dealkylation sites (tertiary alicyclic amines) is 1. The standard InChI is InChI=1S/C18H26BrNO/c1-2-17-7-4-3-5-13-20(17)14-6-8-18(21)15-9-11-16(19)12-10-15/h9-12,17H,2-8,13-14H2,1H3. The summed E-state index contributed by atoms with van der Waals surface area (Å²) in [5.74, 6) is 0.269. The van der Waals surface area contributed by atoms with Crippen molar-refractivity contribution < 1.29 is 4.79 Å². The maximum absolute atomic E-state index is 12.2. The molecule has 0 spiro atoms. The van der Waals surface area contributed by atoms with Crippen molar-refractivity contribution in [2.45, 2.75) is 57.9 Å². The van der Waals surface area contributed by atoms with Gasteiger partial charge in [-0.2, -0.15) is 0 Å². The van der Waals surface area contributed by atoms with E-state index in [-0.39, 0.29) is 5.78 Å². The highest BCUT2D eigenvalue weighted by Gasteiger charge is 2.19. The summed E-state index contributed by atoms with van der Waals surface area (Å²) in [6.07, 6.45) is 8.26. The smallest absolute Gasteiger partial charge is 0.162 e. The van der Waals surface area contributed by atoms with Crippen molar-refractivity contribution >= 4 is 21.7 Å². The van der Waals surface area contributed by atoms with Gasteiger partial charge in [-0.05, 0) is 50.9 Å². The molecule has 0 aromatic heterocycles. The number of benzene rings is 1. The van der Waals surface area contributed by atoms with Gasteiger partial charge in [0.05, 0.1) is 0 Å². The number of hydrogen-bond donors (Lipinski definition) is 0. The van der Waals surface area contributed by atoms with Crippen LogP contribution in [0.25, 0.3) is 0 Å². The minimum atomic E-state index is 0.269. The van der Waals surface area contributed by atoms with Gasteiger partial charge in [-0.15, -0.1) is 0 Å². The second-order valence-corrected chi connectivity index (χ2v) is 6.90. The lowest BCUT2D eigenvalue weighted by molar-refractivity contribution is 0.0969. The molecular weight excluding hydrogens is 326 g/mol. The number of carbonyl (C=O) groups is 1. The molecule has 1 saturated heterocycles. The summed E-state index contributed by atoms with van der Waals surface area (Å²) in [4.78, 5) is 14.8. The van der Waals surface area contributed by atoms with Crippen molar-refractivity contribution in [1.82, 2.24) is 4.90 Å². The van der Waals surface area contributed by atoms with E-state index >= 15 is 0 Å². The average Bonchev–Trinajstić information content (AvgIpc) is 2.73. The maximum Gasteiger partial charge on any atom is 0.162 e. The Labute approximate surface area is 137 Å². The van der Waals surface area contributed by atoms with Gasteiger partial charge in [0.15, 0.2) is 5.78 Å². The lowest BCUT2D eigenvalue weighted by Crippen LogP contribution is -2.35. The largest absolute Gasteiger partial charge is 0.300 e. The molecule has 1 fully saturated rings. The molecule has 1 atom stereocenters. The predicted molar refractivity (Wildman–Crippen MR) is 91.8 cm³/mol. The van der Waals surface area contributed by atoms with Crippen LogP contribution < -0.4 is 0 Å². The van der Waals surface area contributed by atoms with E-state index in [9.17, 15) is 4.79 Å². The molecule has 0 bridgehead atoms. The number of Topliss-reactive ketones (excluding diaryl/α,β-unsaturated/α-hetero) is 1. The quantitative estimate of drug-likeness (QED) is 0.667. The van der Waals surface area contributed by atoms with Crippen LogP contribution in [-0.2, 0) is 0 Å². The van der Waals surface area contributed by atoms with Gasteiger partial charge in [0.1, 0.15) is 0 Å². The Morgan fingerprint density at radius 1 is 1.24 bits per heavy atom. The minimum Gasteiger partial charge on any atom is -0.300 e. The molecule has 1 aromatic rings. The van der Waals surface area contributed by atoms with Crippen molar-refractivity contribution in [2.24, 2.45) is 0 Å². The van der Waals surface area contributed by atoms with Crippen molar-refractivity contribution in [3.05, 3.63) is 34.3 Å². The van der Waals surface area contributed by atoms with E-state index < -0.39 is 0 Å². The van der Waals surface area contributed by atoms with Crippen LogP contribution in [0.5, 0.6) is 0 Å². The SMILES string of the molecule is CCC1CCCCCN1CCCC(=O)c1ccc(Br)cc1. The molecular formula is C18H26BrNO. The lowest BCUT2D eigenvalue weighted by Gasteiger charge is -2.28. The first-order chi connectivity index (χ1) is 10.2. The third kappa shape index (κ3) is 5.23. The third-order valence-corrected chi connectivity index (χ3v) is 5.01. The topological polar surface area (TPSA) is 20.3 Å². The van der Waals surface area contributed by atoms with Gasteiger partial charge in [-0.1, -0.05) is 47.8 Å². The normalized spacial score (nSPS) is 20.2. The first-order valence-corrected chi connectivity index (χ1v) is 9.03. The van der Waals surface area contributed by atoms with E-state index in [1.807, 2.05) is 24.3 Å². The molecule has 3 heteroatoms. The van der Waals surface area contributed by atoms with E-state index in [1.54, 1.807) is 0 Å². The molecule has 1 unspecified atom stereocenters. The first kappa shape index (κ1) is 16.7. The summed E-state index contributed by atoms with van der Waals surface area (Å²) >= 11 is 3.40. The Balaban J connectivity index is 1.79. The number of nitrogens with zero attached hydrogens (tertiary/aromatic N) is 1. The molecule has 2 rings (SSSR count). The van der Waals surface area contributed by atoms with Crippen molar-refractivity contribution in [1.29, 1.82) is 0 Å². The Hall–Kier alpha value is -0.670. The monoisotopic (exact) mass is 351 g/mol. The van der Waals surface area contributed by atoms with Crippen molar-refractivity contribution in [3.63, 3.8) is 0 Å². The molecule has 1 aliphatic heterocycles. The molecule has 1 aliphatic rings. The van der Waals surface area contributed by atoms with Crippen LogP contribution in [0.3, 0.4) is 0 Å². The Bertz CT molecular complexity index is 443. The van der Waals surface area contributed by atoms with Crippen LogP contribution in [0.15, 0.2) is 28.7 Å². The molecule has 0 radical (unpaired) electrons. The Morgan fingerprint density at radius 3 is 2.71 bits per heavy atom. The number of hydrogen-bond acceptors (Lipinski definition) is 2. The molecule has 0 N–H and O–H groups in total. The summed E-state index contributed by atoms with van der Waals surface area (Å²) in [6, 6.07) is 8.43. The summed E-state index contributed by atoms with van der Waals surface area (Å²) in [5, 5.41) is 0. The zero-order chi connectivity index (χ0) is 15.1. The molecule has 2 nitrogen and oxygen atoms in total. The summed E-state index contributed by atoms with van der Waals surface area (Å²) in [5.41, 5.74) is 0.834. The molecule has 0 aliphatic carbocycles. The zero-order valence-electron chi connectivity index (χ0n) is 13.0. The zero-order valence-corrected chi connectivity index (χ0v) is 14.6. The fourth-order valence-corrected chi connectivity index (χ4v) is 3.48. The molecule has 116 valence electrons. The molecule has 1 aromatic carbocycles. The van der Waals surface area contributed by atoms with Crippen LogP contribution in [-0.4, -0.2) is 29.8 Å². The third-order valence-electron chi connectivity index (χ3n) is 4.49. The van der Waals surface area contributed by atoms with Crippen LogP contribution >= 0.6 is 15.9 Å². The van der Waals surface area contributed by atoms with E-state index in [2.05, 4.69) is 27.8 Å². The van der Waals surface area contributed by atoms with Gasteiger partial charge >= 0.3 is 0 Å². The maximum atomic E-state index is 12.2. The van der Waals surface area contributed by atoms with Gasteiger partial charge in [-0.25, -0.2) is 0 Å². The van der Waals surface area contributed by atoms with Gasteiger partial charge in [-0.3, -0.25) is 4.79 Å². The molecule has 21 heavy (non-hydrogen) atoms. The highest BCUT2D eigenvalue weighted by atomic mass is 79.9. The van der Waals surface area contributed by atoms with E-state index in [4.69, 9.17) is 0 Å². The Morgan fingerprint density at radius 2 is 2.00 bits per heavy atom. The van der Waals surface area contributed by atoms with Crippen molar-refractivity contribution in [2.75, 3.05) is 13.1 Å². The van der Waals surface area contributed by atoms with E-state index in [0.717, 1.165) is 29.0 Å². The second kappa shape index (κ2) is 8.70. The molecule has 0 amide bonds. The van der Waals surface area contributed by atoms with Crippen LogP contribution in [0.1, 0.15) is 62.2 Å². The van der Waals surface area contributed by atoms with Crippen LogP contribution in [0.2, 0.25) is 0 Å². The first-order valence-electron chi connectivity index (χ1n) is 8.23. The van der Waals surface area contributed by atoms with Crippen LogP contribution in [0, 0.1) is 0 Å². The fraction of sp³-hybridized carbons (Fsp3) is 0.611. The predicted octanol–water partition coefficient (Wildman–Crippen LogP) is 5.07. The average molecular weight is 352 g/mol. The Kier molecular flexibility index (Phi) is 6.91. The van der Waals surface area contributed by atoms with Gasteiger partial charge < -0.3 is 4.90 Å². The summed E-state index contributed by atoms with van der Waals surface area (Å²) < 4.78 is 1.02. The highest BCUT2D eigenvalue weighted by molar-refractivity contribution is 9.10. The number of ketones is 1. The number of rotatable bonds is 6. The number of carbonyl (C=O) groups excluding carboxylic acids is 1. The lowest BCUT2D eigenvalue weighted by atomic mass is 10.1. The van der Waals surface area contributed by atoms with E-state index in [0.29, 0.717) is 6.42 Å². The summed E-state index contributed by atoms with van der Waals surface area (Å²) in [6.45, 7) is 4.57. The molecule has 1 heterocycles. The van der Waals surface area contributed by atoms with E-state index in [1.165, 1.54) is 38.6 Å². The minimum absolute atomic E-state index is 0.269. The summed E-state index contributed by atoms with van der Waals surface area (Å²) in [7, 11) is 0. The second-order valence-electron chi connectivity index (χ2n) is 5.98. The number of halogens is 1. The fourth-order valence-electron chi connectivity index (χ4n) is 3.22. The van der Waals surface area contributed by atoms with Gasteiger partial charge in [0.25, 0.3) is 0 Å².